The largest absolute Gasteiger partial charge is 0.378 e. The van der Waals surface area contributed by atoms with E-state index in [2.05, 4.69) is 27.7 Å². The first-order chi connectivity index (χ1) is 13.6. The Bertz CT molecular complexity index is 424. The van der Waals surface area contributed by atoms with Crippen LogP contribution in [0.2, 0.25) is 0 Å². The molecule has 0 aromatic rings. The molecule has 6 unspecified atom stereocenters. The van der Waals surface area contributed by atoms with Crippen LogP contribution in [0.4, 0.5) is 0 Å². The fraction of sp³-hybridized carbons (Fsp3) is 1.00. The van der Waals surface area contributed by atoms with E-state index in [0.29, 0.717) is 6.10 Å². The van der Waals surface area contributed by atoms with E-state index >= 15 is 0 Å². The Labute approximate surface area is 176 Å². The molecule has 3 saturated carbocycles. The van der Waals surface area contributed by atoms with Crippen molar-refractivity contribution in [2.75, 3.05) is 6.61 Å². The zero-order chi connectivity index (χ0) is 19.9. The average molecular weight is 391 g/mol. The molecule has 0 radical (unpaired) electrons. The maximum atomic E-state index is 6.56. The van der Waals surface area contributed by atoms with Crippen molar-refractivity contribution in [3.8, 4) is 0 Å². The van der Waals surface area contributed by atoms with Crippen LogP contribution in [0.15, 0.2) is 0 Å². The first-order valence-corrected chi connectivity index (χ1v) is 13.3. The highest BCUT2D eigenvalue weighted by atomic mass is 16.5. The van der Waals surface area contributed by atoms with Crippen molar-refractivity contribution >= 4 is 0 Å². The van der Waals surface area contributed by atoms with Crippen LogP contribution in [0.1, 0.15) is 118 Å². The van der Waals surface area contributed by atoms with Crippen molar-refractivity contribution in [1.29, 1.82) is 0 Å². The summed E-state index contributed by atoms with van der Waals surface area (Å²) < 4.78 is 6.56. The van der Waals surface area contributed by atoms with Gasteiger partial charge in [-0.05, 0) is 86.4 Å². The van der Waals surface area contributed by atoms with E-state index in [1.807, 2.05) is 0 Å². The van der Waals surface area contributed by atoms with Gasteiger partial charge in [-0.1, -0.05) is 72.6 Å². The van der Waals surface area contributed by atoms with E-state index in [4.69, 9.17) is 4.74 Å². The summed E-state index contributed by atoms with van der Waals surface area (Å²) in [4.78, 5) is 0. The Kier molecular flexibility index (Phi) is 9.20. The molecule has 0 heterocycles. The highest BCUT2D eigenvalue weighted by Gasteiger charge is 2.39. The summed E-state index contributed by atoms with van der Waals surface area (Å²) >= 11 is 0. The molecule has 164 valence electrons. The molecule has 1 nitrogen and oxygen atoms in total. The van der Waals surface area contributed by atoms with E-state index < -0.39 is 0 Å². The van der Waals surface area contributed by atoms with Gasteiger partial charge in [0.2, 0.25) is 0 Å². The summed E-state index contributed by atoms with van der Waals surface area (Å²) in [5, 5.41) is 0. The third-order valence-electron chi connectivity index (χ3n) is 9.13. The first-order valence-electron chi connectivity index (χ1n) is 13.3. The molecule has 0 N–H and O–H groups in total. The Morgan fingerprint density at radius 1 is 0.679 bits per heavy atom. The molecule has 3 aliphatic rings. The minimum atomic E-state index is 0.567. The van der Waals surface area contributed by atoms with Crippen molar-refractivity contribution in [2.24, 2.45) is 41.4 Å². The lowest BCUT2D eigenvalue weighted by Crippen LogP contribution is -2.39. The van der Waals surface area contributed by atoms with Gasteiger partial charge >= 0.3 is 0 Å². The van der Waals surface area contributed by atoms with Crippen LogP contribution in [-0.4, -0.2) is 12.7 Å². The third kappa shape index (κ3) is 5.99. The van der Waals surface area contributed by atoms with Gasteiger partial charge in [0.15, 0.2) is 0 Å². The molecule has 3 rings (SSSR count). The van der Waals surface area contributed by atoms with Crippen LogP contribution in [0, 0.1) is 41.4 Å². The monoisotopic (exact) mass is 390 g/mol. The Hall–Kier alpha value is -0.0400. The fourth-order valence-electron chi connectivity index (χ4n) is 7.35. The van der Waals surface area contributed by atoms with Crippen LogP contribution in [0.25, 0.3) is 0 Å². The fourth-order valence-corrected chi connectivity index (χ4v) is 7.35. The van der Waals surface area contributed by atoms with Crippen LogP contribution < -0.4 is 0 Å². The van der Waals surface area contributed by atoms with Gasteiger partial charge in [-0.15, -0.1) is 0 Å². The quantitative estimate of drug-likeness (QED) is 0.405. The molecule has 0 aromatic carbocycles. The van der Waals surface area contributed by atoms with Crippen LogP contribution in [-0.2, 0) is 4.74 Å². The van der Waals surface area contributed by atoms with Crippen LogP contribution >= 0.6 is 0 Å². The van der Waals surface area contributed by atoms with Gasteiger partial charge in [-0.3, -0.25) is 0 Å². The molecule has 1 heteroatoms. The summed E-state index contributed by atoms with van der Waals surface area (Å²) in [6.45, 7) is 10.8. The summed E-state index contributed by atoms with van der Waals surface area (Å²) in [6.07, 6.45) is 20.6. The number of hydrogen-bond donors (Lipinski definition) is 0. The van der Waals surface area contributed by atoms with Crippen molar-refractivity contribution in [2.45, 2.75) is 124 Å². The highest BCUT2D eigenvalue weighted by Crippen LogP contribution is 2.48. The van der Waals surface area contributed by atoms with Crippen LogP contribution in [0.5, 0.6) is 0 Å². The van der Waals surface area contributed by atoms with Crippen molar-refractivity contribution < 1.29 is 4.74 Å². The second-order valence-corrected chi connectivity index (χ2v) is 11.0. The normalized spacial score (nSPS) is 42.4. The SMILES string of the molecule is CCCC1CCC(COC2CCC(C3CCC(C)CC3CC)C(CC)C2)CC1. The smallest absolute Gasteiger partial charge is 0.0578 e. The first kappa shape index (κ1) is 22.6. The maximum absolute atomic E-state index is 6.56. The summed E-state index contributed by atoms with van der Waals surface area (Å²) in [6, 6.07) is 0. The summed E-state index contributed by atoms with van der Waals surface area (Å²) in [7, 11) is 0. The lowest BCUT2D eigenvalue weighted by molar-refractivity contribution is -0.0454. The predicted molar refractivity (Wildman–Crippen MR) is 122 cm³/mol. The van der Waals surface area contributed by atoms with Crippen molar-refractivity contribution in [3.05, 3.63) is 0 Å². The van der Waals surface area contributed by atoms with E-state index in [1.54, 1.807) is 0 Å². The molecule has 0 bridgehead atoms. The Balaban J connectivity index is 1.44. The number of ether oxygens (including phenoxy) is 1. The van der Waals surface area contributed by atoms with Gasteiger partial charge in [0.1, 0.15) is 0 Å². The summed E-state index contributed by atoms with van der Waals surface area (Å²) in [5.41, 5.74) is 0. The zero-order valence-corrected chi connectivity index (χ0v) is 19.6. The van der Waals surface area contributed by atoms with Gasteiger partial charge in [0.25, 0.3) is 0 Å². The average Bonchev–Trinajstić information content (AvgIpc) is 2.73. The topological polar surface area (TPSA) is 9.23 Å². The molecule has 3 aliphatic carbocycles. The standard InChI is InChI=1S/C27H50O/c1-5-8-21-10-12-22(13-11-21)19-28-25-14-16-27(24(7-3)18-25)26-15-9-20(4)17-23(26)6-2/h20-27H,5-19H2,1-4H3. The molecule has 0 saturated heterocycles. The van der Waals surface area contributed by atoms with E-state index in [0.717, 1.165) is 48.0 Å². The van der Waals surface area contributed by atoms with E-state index in [9.17, 15) is 0 Å². The lowest BCUT2D eigenvalue weighted by atomic mass is 9.61. The lowest BCUT2D eigenvalue weighted by Gasteiger charge is -2.46. The minimum absolute atomic E-state index is 0.567. The molecule has 0 aliphatic heterocycles. The van der Waals surface area contributed by atoms with Crippen molar-refractivity contribution in [1.82, 2.24) is 0 Å². The highest BCUT2D eigenvalue weighted by molar-refractivity contribution is 4.90. The number of rotatable bonds is 8. The molecule has 0 aromatic heterocycles. The Morgan fingerprint density at radius 3 is 1.93 bits per heavy atom. The van der Waals surface area contributed by atoms with E-state index in [1.165, 1.54) is 89.9 Å². The molecular weight excluding hydrogens is 340 g/mol. The predicted octanol–water partition coefficient (Wildman–Crippen LogP) is 8.27. The minimum Gasteiger partial charge on any atom is -0.378 e. The molecule has 0 amide bonds. The number of hydrogen-bond acceptors (Lipinski definition) is 1. The third-order valence-corrected chi connectivity index (χ3v) is 9.13. The molecule has 28 heavy (non-hydrogen) atoms. The second-order valence-electron chi connectivity index (χ2n) is 11.0. The van der Waals surface area contributed by atoms with E-state index in [-0.39, 0.29) is 0 Å². The van der Waals surface area contributed by atoms with Gasteiger partial charge in [-0.2, -0.15) is 0 Å². The summed E-state index contributed by atoms with van der Waals surface area (Å²) in [5.74, 6) is 6.77. The molecule has 3 fully saturated rings. The maximum Gasteiger partial charge on any atom is 0.0578 e. The second kappa shape index (κ2) is 11.4. The Morgan fingerprint density at radius 2 is 1.29 bits per heavy atom. The molecule has 6 atom stereocenters. The van der Waals surface area contributed by atoms with Crippen LogP contribution in [0.3, 0.4) is 0 Å². The molecule has 0 spiro atoms. The van der Waals surface area contributed by atoms with Gasteiger partial charge < -0.3 is 4.74 Å². The molecular formula is C27H50O. The van der Waals surface area contributed by atoms with Gasteiger partial charge in [-0.25, -0.2) is 0 Å². The van der Waals surface area contributed by atoms with Gasteiger partial charge in [0, 0.05) is 6.61 Å². The van der Waals surface area contributed by atoms with Crippen molar-refractivity contribution in [3.63, 3.8) is 0 Å². The van der Waals surface area contributed by atoms with Gasteiger partial charge in [0.05, 0.1) is 6.10 Å². The zero-order valence-electron chi connectivity index (χ0n) is 19.6.